The number of rotatable bonds is 6. The first-order valence-corrected chi connectivity index (χ1v) is 16.8. The number of carbonyl (C=O) groups excluding carboxylic acids is 3. The standard InChI is InChI=1S/C36H57NO5/c1-31(2)26-12-15-36(7)29(34(26,5)14-13-27(31)42-28(39)11-9-10-20-37)25(38)21-23-24-22-33(4,30(40)41-8)17-16-32(24,3)18-19-35(23,36)6/h21,24,26-27,29H,9-20,22,37H2,1-8H3/t24-,26-,27-,29+,32+,33-,34-,35+,36+/m0/s1. The summed E-state index contributed by atoms with van der Waals surface area (Å²) in [6.45, 7) is 16.8. The molecule has 0 bridgehead atoms. The maximum Gasteiger partial charge on any atom is 0.311 e. The molecule has 0 radical (unpaired) electrons. The third-order valence-corrected chi connectivity index (χ3v) is 14.3. The van der Waals surface area contributed by atoms with Crippen LogP contribution in [0.5, 0.6) is 0 Å². The average Bonchev–Trinajstić information content (AvgIpc) is 2.92. The lowest BCUT2D eigenvalue weighted by Gasteiger charge is -2.70. The molecule has 0 aromatic heterocycles. The van der Waals surface area contributed by atoms with E-state index >= 15 is 0 Å². The van der Waals surface area contributed by atoms with E-state index < -0.39 is 5.41 Å². The van der Waals surface area contributed by atoms with Crippen LogP contribution in [0.15, 0.2) is 11.6 Å². The number of allylic oxidation sites excluding steroid dienone is 2. The molecule has 0 aromatic rings. The van der Waals surface area contributed by atoms with Crippen molar-refractivity contribution in [2.75, 3.05) is 13.7 Å². The van der Waals surface area contributed by atoms with Gasteiger partial charge in [-0.05, 0) is 124 Å². The van der Waals surface area contributed by atoms with Gasteiger partial charge in [0.05, 0.1) is 12.5 Å². The van der Waals surface area contributed by atoms with Crippen molar-refractivity contribution in [1.82, 2.24) is 0 Å². The van der Waals surface area contributed by atoms with E-state index in [1.165, 1.54) is 12.7 Å². The van der Waals surface area contributed by atoms with Crippen molar-refractivity contribution in [1.29, 1.82) is 0 Å². The van der Waals surface area contributed by atoms with Crippen molar-refractivity contribution in [3.63, 3.8) is 0 Å². The third kappa shape index (κ3) is 4.46. The van der Waals surface area contributed by atoms with E-state index in [1.807, 2.05) is 0 Å². The fraction of sp³-hybridized carbons (Fsp3) is 0.861. The summed E-state index contributed by atoms with van der Waals surface area (Å²) in [5, 5.41) is 0. The van der Waals surface area contributed by atoms with E-state index in [9.17, 15) is 14.4 Å². The van der Waals surface area contributed by atoms with Gasteiger partial charge in [-0.25, -0.2) is 0 Å². The minimum Gasteiger partial charge on any atom is -0.469 e. The van der Waals surface area contributed by atoms with Gasteiger partial charge in [0.15, 0.2) is 5.78 Å². The molecule has 5 aliphatic carbocycles. The first-order valence-electron chi connectivity index (χ1n) is 16.8. The van der Waals surface area contributed by atoms with Crippen LogP contribution < -0.4 is 5.73 Å². The fourth-order valence-corrected chi connectivity index (χ4v) is 11.4. The second kappa shape index (κ2) is 10.4. The van der Waals surface area contributed by atoms with E-state index in [0.717, 1.165) is 70.6 Å². The van der Waals surface area contributed by atoms with E-state index in [4.69, 9.17) is 15.2 Å². The molecule has 0 heterocycles. The smallest absolute Gasteiger partial charge is 0.311 e. The van der Waals surface area contributed by atoms with Crippen LogP contribution in [0.25, 0.3) is 0 Å². The first kappa shape index (κ1) is 31.7. The Labute approximate surface area is 254 Å². The Bertz CT molecular complexity index is 1160. The van der Waals surface area contributed by atoms with Gasteiger partial charge in [0.1, 0.15) is 6.10 Å². The first-order chi connectivity index (χ1) is 19.5. The second-order valence-electron chi connectivity index (χ2n) is 16.8. The van der Waals surface area contributed by atoms with E-state index in [-0.39, 0.29) is 57.0 Å². The predicted molar refractivity (Wildman–Crippen MR) is 164 cm³/mol. The molecule has 0 saturated heterocycles. The van der Waals surface area contributed by atoms with Crippen molar-refractivity contribution >= 4 is 17.7 Å². The predicted octanol–water partition coefficient (Wildman–Crippen LogP) is 7.18. The topological polar surface area (TPSA) is 95.7 Å². The molecule has 5 rings (SSSR count). The zero-order valence-corrected chi connectivity index (χ0v) is 27.7. The van der Waals surface area contributed by atoms with Gasteiger partial charge in [0, 0.05) is 17.8 Å². The molecule has 2 N–H and O–H groups in total. The van der Waals surface area contributed by atoms with Gasteiger partial charge in [-0.2, -0.15) is 0 Å². The molecule has 9 atom stereocenters. The summed E-state index contributed by atoms with van der Waals surface area (Å²) < 4.78 is 11.4. The van der Waals surface area contributed by atoms with Crippen LogP contribution in [0.2, 0.25) is 0 Å². The quantitative estimate of drug-likeness (QED) is 0.263. The molecule has 42 heavy (non-hydrogen) atoms. The summed E-state index contributed by atoms with van der Waals surface area (Å²) in [5.41, 5.74) is 5.93. The van der Waals surface area contributed by atoms with Crippen molar-refractivity contribution in [3.8, 4) is 0 Å². The number of hydrogen-bond donors (Lipinski definition) is 1. The van der Waals surface area contributed by atoms with E-state index in [2.05, 4.69) is 54.5 Å². The molecule has 0 aromatic carbocycles. The molecule has 0 unspecified atom stereocenters. The number of fused-ring (bicyclic) bond motifs is 7. The van der Waals surface area contributed by atoms with E-state index in [1.54, 1.807) is 0 Å². The maximum absolute atomic E-state index is 14.6. The summed E-state index contributed by atoms with van der Waals surface area (Å²) in [5.74, 6) is 0.518. The van der Waals surface area contributed by atoms with Gasteiger partial charge in [0.25, 0.3) is 0 Å². The normalized spacial score (nSPS) is 45.8. The molecule has 236 valence electrons. The Morgan fingerprint density at radius 1 is 0.929 bits per heavy atom. The number of ether oxygens (including phenoxy) is 2. The number of ketones is 1. The van der Waals surface area contributed by atoms with Gasteiger partial charge in [-0.1, -0.05) is 47.1 Å². The van der Waals surface area contributed by atoms with Crippen LogP contribution in [0.1, 0.15) is 126 Å². The average molecular weight is 584 g/mol. The largest absolute Gasteiger partial charge is 0.469 e. The van der Waals surface area contributed by atoms with Crippen LogP contribution in [0.3, 0.4) is 0 Å². The lowest BCUT2D eigenvalue weighted by Crippen LogP contribution is -2.66. The summed E-state index contributed by atoms with van der Waals surface area (Å²) in [6.07, 6.45) is 12.5. The van der Waals surface area contributed by atoms with Gasteiger partial charge >= 0.3 is 11.9 Å². The van der Waals surface area contributed by atoms with Gasteiger partial charge in [-0.15, -0.1) is 0 Å². The number of nitrogens with two attached hydrogens (primary N) is 1. The second-order valence-corrected chi connectivity index (χ2v) is 16.8. The Hall–Kier alpha value is -1.69. The Morgan fingerprint density at radius 2 is 1.62 bits per heavy atom. The minimum atomic E-state index is -0.507. The number of methoxy groups -OCH3 is 1. The molecule has 0 spiro atoms. The van der Waals surface area contributed by atoms with Crippen LogP contribution >= 0.6 is 0 Å². The SMILES string of the molecule is COC(=O)[C@@]1(C)CC[C@]2(C)CC[C@]3(C)C(=CC(=O)[C@@H]4[C@@]5(C)CC[C@H](OC(=O)CCCCN)C(C)(C)[C@@H]5CC[C@]43C)[C@@H]2C1. The number of esters is 2. The van der Waals surface area contributed by atoms with Crippen molar-refractivity contribution in [3.05, 3.63) is 11.6 Å². The van der Waals surface area contributed by atoms with Crippen molar-refractivity contribution in [2.45, 2.75) is 132 Å². The number of carbonyl (C=O) groups is 3. The fourth-order valence-electron chi connectivity index (χ4n) is 11.4. The highest BCUT2D eigenvalue weighted by Gasteiger charge is 2.70. The summed E-state index contributed by atoms with van der Waals surface area (Å²) >= 11 is 0. The highest BCUT2D eigenvalue weighted by Crippen LogP contribution is 2.75. The Morgan fingerprint density at radius 3 is 2.29 bits per heavy atom. The lowest BCUT2D eigenvalue weighted by atomic mass is 9.33. The molecule has 5 aliphatic rings. The van der Waals surface area contributed by atoms with Crippen molar-refractivity contribution in [2.24, 2.45) is 56.0 Å². The highest BCUT2D eigenvalue weighted by molar-refractivity contribution is 5.95. The number of hydrogen-bond acceptors (Lipinski definition) is 6. The molecule has 6 nitrogen and oxygen atoms in total. The molecule has 0 amide bonds. The van der Waals surface area contributed by atoms with Gasteiger partial charge < -0.3 is 15.2 Å². The van der Waals surface area contributed by atoms with Crippen LogP contribution in [-0.4, -0.2) is 37.5 Å². The molecule has 0 aliphatic heterocycles. The Kier molecular flexibility index (Phi) is 7.89. The maximum atomic E-state index is 14.6. The number of unbranched alkanes of at least 4 members (excludes halogenated alkanes) is 1. The summed E-state index contributed by atoms with van der Waals surface area (Å²) in [6, 6.07) is 0. The highest BCUT2D eigenvalue weighted by atomic mass is 16.5. The minimum absolute atomic E-state index is 0.0575. The van der Waals surface area contributed by atoms with Crippen LogP contribution in [-0.2, 0) is 23.9 Å². The lowest BCUT2D eigenvalue weighted by molar-refractivity contribution is -0.211. The Balaban J connectivity index is 1.47. The zero-order valence-electron chi connectivity index (χ0n) is 27.7. The molecular weight excluding hydrogens is 526 g/mol. The summed E-state index contributed by atoms with van der Waals surface area (Å²) in [4.78, 5) is 40.3. The van der Waals surface area contributed by atoms with Crippen molar-refractivity contribution < 1.29 is 23.9 Å². The summed E-state index contributed by atoms with van der Waals surface area (Å²) in [7, 11) is 1.50. The van der Waals surface area contributed by atoms with E-state index in [0.29, 0.717) is 24.7 Å². The van der Waals surface area contributed by atoms with Gasteiger partial charge in [-0.3, -0.25) is 14.4 Å². The monoisotopic (exact) mass is 583 g/mol. The molecule has 6 heteroatoms. The molecular formula is C36H57NO5. The van der Waals surface area contributed by atoms with Gasteiger partial charge in [0.2, 0.25) is 0 Å². The van der Waals surface area contributed by atoms with Crippen LogP contribution in [0.4, 0.5) is 0 Å². The van der Waals surface area contributed by atoms with Crippen LogP contribution in [0, 0.1) is 50.2 Å². The molecule has 4 saturated carbocycles. The molecule has 4 fully saturated rings. The zero-order chi connectivity index (χ0) is 30.9. The third-order valence-electron chi connectivity index (χ3n) is 14.3.